The van der Waals surface area contributed by atoms with Crippen molar-refractivity contribution in [2.24, 2.45) is 0 Å². The topological polar surface area (TPSA) is 50.8 Å². The number of aryl methyl sites for hydroxylation is 1. The van der Waals surface area contributed by atoms with Crippen molar-refractivity contribution in [1.29, 1.82) is 0 Å². The molecule has 166 valence electrons. The summed E-state index contributed by atoms with van der Waals surface area (Å²) in [7, 11) is 0. The maximum atomic E-state index is 13.3. The zero-order valence-corrected chi connectivity index (χ0v) is 19.6. The highest BCUT2D eigenvalue weighted by molar-refractivity contribution is 7.15. The minimum Gasteiger partial charge on any atom is -0.467 e. The molecular formula is C26H22ClN3O2S. The first-order valence-corrected chi connectivity index (χ1v) is 11.9. The molecule has 3 aromatic heterocycles. The van der Waals surface area contributed by atoms with Crippen LogP contribution in [-0.2, 0) is 13.0 Å². The molecule has 0 radical (unpaired) electrons. The van der Waals surface area contributed by atoms with Crippen LogP contribution in [0.25, 0.3) is 16.2 Å². The van der Waals surface area contributed by atoms with Crippen molar-refractivity contribution in [2.45, 2.75) is 19.9 Å². The average molecular weight is 476 g/mol. The quantitative estimate of drug-likeness (QED) is 0.270. The predicted octanol–water partition coefficient (Wildman–Crippen LogP) is 6.50. The average Bonchev–Trinajstić information content (AvgIpc) is 3.56. The van der Waals surface area contributed by atoms with Gasteiger partial charge in [-0.25, -0.2) is 4.98 Å². The van der Waals surface area contributed by atoms with E-state index in [1.807, 2.05) is 78.7 Å². The number of carbonyl (C=O) groups is 1. The molecule has 2 aromatic carbocycles. The zero-order valence-electron chi connectivity index (χ0n) is 18.1. The van der Waals surface area contributed by atoms with Crippen molar-refractivity contribution in [3.05, 3.63) is 106 Å². The Kier molecular flexibility index (Phi) is 6.03. The number of nitrogens with zero attached hydrogens (tertiary/aromatic N) is 3. The Morgan fingerprint density at radius 2 is 1.91 bits per heavy atom. The van der Waals surface area contributed by atoms with Crippen LogP contribution in [0.15, 0.2) is 82.9 Å². The lowest BCUT2D eigenvalue weighted by Crippen LogP contribution is -2.32. The van der Waals surface area contributed by atoms with Crippen LogP contribution in [0, 0.1) is 6.92 Å². The maximum Gasteiger partial charge on any atom is 0.254 e. The van der Waals surface area contributed by atoms with E-state index < -0.39 is 0 Å². The number of aromatic nitrogens is 2. The van der Waals surface area contributed by atoms with Crippen molar-refractivity contribution in [1.82, 2.24) is 14.3 Å². The molecule has 1 amide bonds. The van der Waals surface area contributed by atoms with Gasteiger partial charge < -0.3 is 9.32 Å². The predicted molar refractivity (Wildman–Crippen MR) is 132 cm³/mol. The lowest BCUT2D eigenvalue weighted by atomic mass is 10.1. The Bertz CT molecular complexity index is 1370. The summed E-state index contributed by atoms with van der Waals surface area (Å²) in [5.74, 6) is 0.754. The molecule has 0 atom stereocenters. The van der Waals surface area contributed by atoms with E-state index in [2.05, 4.69) is 9.78 Å². The van der Waals surface area contributed by atoms with Gasteiger partial charge in [0.1, 0.15) is 5.76 Å². The molecule has 0 aliphatic heterocycles. The highest BCUT2D eigenvalue weighted by atomic mass is 35.5. The van der Waals surface area contributed by atoms with Gasteiger partial charge in [-0.3, -0.25) is 9.20 Å². The minimum absolute atomic E-state index is 0.00893. The Morgan fingerprint density at radius 1 is 1.12 bits per heavy atom. The van der Waals surface area contributed by atoms with Crippen LogP contribution in [0.4, 0.5) is 0 Å². The molecule has 3 heterocycles. The Balaban J connectivity index is 1.37. The first kappa shape index (κ1) is 21.5. The molecule has 0 saturated carbocycles. The molecule has 0 N–H and O–H groups in total. The van der Waals surface area contributed by atoms with Gasteiger partial charge in [-0.1, -0.05) is 41.4 Å². The molecule has 0 fully saturated rings. The van der Waals surface area contributed by atoms with Crippen molar-refractivity contribution >= 4 is 33.8 Å². The lowest BCUT2D eigenvalue weighted by molar-refractivity contribution is 0.0733. The molecule has 0 spiro atoms. The van der Waals surface area contributed by atoms with E-state index >= 15 is 0 Å². The summed E-state index contributed by atoms with van der Waals surface area (Å²) in [5.41, 5.74) is 4.85. The summed E-state index contributed by atoms with van der Waals surface area (Å²) in [4.78, 5) is 20.8. The molecule has 5 aromatic rings. The molecule has 33 heavy (non-hydrogen) atoms. The zero-order chi connectivity index (χ0) is 22.8. The largest absolute Gasteiger partial charge is 0.467 e. The third-order valence-electron chi connectivity index (χ3n) is 5.57. The summed E-state index contributed by atoms with van der Waals surface area (Å²) in [6.45, 7) is 3.00. The van der Waals surface area contributed by atoms with Crippen molar-refractivity contribution < 1.29 is 9.21 Å². The number of benzene rings is 2. The molecule has 5 rings (SSSR count). The van der Waals surface area contributed by atoms with Crippen molar-refractivity contribution in [3.63, 3.8) is 0 Å². The van der Waals surface area contributed by atoms with Crippen LogP contribution in [0.1, 0.15) is 27.4 Å². The first-order valence-electron chi connectivity index (χ1n) is 10.7. The van der Waals surface area contributed by atoms with Crippen LogP contribution in [0.3, 0.4) is 0 Å². The van der Waals surface area contributed by atoms with E-state index in [4.69, 9.17) is 21.0 Å². The van der Waals surface area contributed by atoms with E-state index in [-0.39, 0.29) is 5.91 Å². The summed E-state index contributed by atoms with van der Waals surface area (Å²) in [5, 5.41) is 2.81. The van der Waals surface area contributed by atoms with Gasteiger partial charge in [0.05, 0.1) is 18.5 Å². The number of rotatable bonds is 7. The third-order valence-corrected chi connectivity index (χ3v) is 6.71. The second-order valence-electron chi connectivity index (χ2n) is 7.93. The third kappa shape index (κ3) is 4.72. The number of imidazole rings is 1. The second kappa shape index (κ2) is 9.25. The number of carbonyl (C=O) groups excluding carboxylic acids is 1. The van der Waals surface area contributed by atoms with E-state index in [0.29, 0.717) is 30.1 Å². The monoisotopic (exact) mass is 475 g/mol. The van der Waals surface area contributed by atoms with Gasteiger partial charge in [-0.15, -0.1) is 11.3 Å². The smallest absolute Gasteiger partial charge is 0.254 e. The normalized spacial score (nSPS) is 11.2. The number of hydrogen-bond donors (Lipinski definition) is 0. The fraction of sp³-hybridized carbons (Fsp3) is 0.154. The van der Waals surface area contributed by atoms with E-state index in [0.717, 1.165) is 33.2 Å². The Morgan fingerprint density at radius 3 is 2.64 bits per heavy atom. The molecule has 0 saturated heterocycles. The highest BCUT2D eigenvalue weighted by Crippen LogP contribution is 2.25. The number of thiazole rings is 1. The van der Waals surface area contributed by atoms with Gasteiger partial charge >= 0.3 is 0 Å². The van der Waals surface area contributed by atoms with Gasteiger partial charge in [0.25, 0.3) is 5.91 Å². The van der Waals surface area contributed by atoms with Crippen LogP contribution in [-0.4, -0.2) is 26.7 Å². The number of fused-ring (bicyclic) bond motifs is 1. The molecule has 5 nitrogen and oxygen atoms in total. The number of furan rings is 1. The van der Waals surface area contributed by atoms with Gasteiger partial charge in [0.15, 0.2) is 4.96 Å². The van der Waals surface area contributed by atoms with E-state index in [9.17, 15) is 4.79 Å². The summed E-state index contributed by atoms with van der Waals surface area (Å²) >= 11 is 7.62. The number of hydrogen-bond acceptors (Lipinski definition) is 4. The first-order chi connectivity index (χ1) is 16.1. The molecule has 0 aliphatic rings. The number of halogens is 1. The molecule has 7 heteroatoms. The maximum absolute atomic E-state index is 13.3. The van der Waals surface area contributed by atoms with Gasteiger partial charge in [-0.2, -0.15) is 0 Å². The van der Waals surface area contributed by atoms with E-state index in [1.54, 1.807) is 17.6 Å². The fourth-order valence-electron chi connectivity index (χ4n) is 3.74. The number of amides is 1. The van der Waals surface area contributed by atoms with Crippen molar-refractivity contribution in [3.8, 4) is 11.3 Å². The standard InChI is InChI=1S/C26H22ClN3O2S/c1-18-4-6-20(7-5-18)25(31)29(15-23-3-2-14-32-23)13-12-22-17-33-26-28-24(16-30(22)26)19-8-10-21(27)11-9-19/h2-11,14,16-17H,12-13,15H2,1H3. The van der Waals surface area contributed by atoms with Crippen molar-refractivity contribution in [2.75, 3.05) is 6.54 Å². The summed E-state index contributed by atoms with van der Waals surface area (Å²) in [6.07, 6.45) is 4.38. The molecular weight excluding hydrogens is 454 g/mol. The van der Waals surface area contributed by atoms with Crippen LogP contribution >= 0.6 is 22.9 Å². The van der Waals surface area contributed by atoms with Crippen LogP contribution in [0.2, 0.25) is 5.02 Å². The van der Waals surface area contributed by atoms with Crippen LogP contribution < -0.4 is 0 Å². The van der Waals surface area contributed by atoms with E-state index in [1.165, 1.54) is 0 Å². The molecule has 0 unspecified atom stereocenters. The Labute approximate surface area is 200 Å². The summed E-state index contributed by atoms with van der Waals surface area (Å²) < 4.78 is 7.63. The minimum atomic E-state index is -0.00893. The van der Waals surface area contributed by atoms with Gasteiger partial charge in [0.2, 0.25) is 0 Å². The van der Waals surface area contributed by atoms with Crippen LogP contribution in [0.5, 0.6) is 0 Å². The second-order valence-corrected chi connectivity index (χ2v) is 9.21. The summed E-state index contributed by atoms with van der Waals surface area (Å²) in [6, 6.07) is 19.1. The van der Waals surface area contributed by atoms with Gasteiger partial charge in [0, 0.05) is 46.4 Å². The fourth-order valence-corrected chi connectivity index (χ4v) is 4.77. The molecule has 0 bridgehead atoms. The molecule has 0 aliphatic carbocycles. The van der Waals surface area contributed by atoms with Gasteiger partial charge in [-0.05, 0) is 43.3 Å². The Hall–Kier alpha value is -3.35. The lowest BCUT2D eigenvalue weighted by Gasteiger charge is -2.22. The SMILES string of the molecule is Cc1ccc(C(=O)N(CCc2csc3nc(-c4ccc(Cl)cc4)cn23)Cc2ccco2)cc1. The highest BCUT2D eigenvalue weighted by Gasteiger charge is 2.19.